The first-order valence-electron chi connectivity index (χ1n) is 5.28. The molecule has 1 aliphatic carbocycles. The lowest BCUT2D eigenvalue weighted by molar-refractivity contribution is -0.387. The van der Waals surface area contributed by atoms with Crippen LogP contribution in [0.15, 0.2) is 12.1 Å². The number of nitro groups is 1. The van der Waals surface area contributed by atoms with Crippen LogP contribution in [0.2, 0.25) is 0 Å². The highest BCUT2D eigenvalue weighted by Gasteiger charge is 2.30. The maximum absolute atomic E-state index is 13.4. The molecule has 0 N–H and O–H groups in total. The molecule has 1 saturated carbocycles. The quantitative estimate of drug-likeness (QED) is 0.599. The van der Waals surface area contributed by atoms with E-state index in [0.717, 1.165) is 12.8 Å². The second-order valence-corrected chi connectivity index (χ2v) is 4.02. The van der Waals surface area contributed by atoms with E-state index in [2.05, 4.69) is 0 Å². The summed E-state index contributed by atoms with van der Waals surface area (Å²) in [5.74, 6) is -2.97. The van der Waals surface area contributed by atoms with E-state index in [0.29, 0.717) is 12.1 Å². The monoisotopic (exact) mass is 257 g/mol. The predicted octanol–water partition coefficient (Wildman–Crippen LogP) is 2.23. The summed E-state index contributed by atoms with van der Waals surface area (Å²) < 4.78 is 31.4. The number of nitrogens with zero attached hydrogens (tertiary/aromatic N) is 1. The first-order chi connectivity index (χ1) is 8.49. The SMILES string of the molecule is O=C(COc1cc(F)c([N+](=O)[O-])cc1F)C1CC1. The summed E-state index contributed by atoms with van der Waals surface area (Å²) in [5.41, 5.74) is -0.964. The lowest BCUT2D eigenvalue weighted by Crippen LogP contribution is -2.13. The van der Waals surface area contributed by atoms with Gasteiger partial charge in [0.15, 0.2) is 17.3 Å². The summed E-state index contributed by atoms with van der Waals surface area (Å²) in [6.07, 6.45) is 1.58. The van der Waals surface area contributed by atoms with E-state index < -0.39 is 28.0 Å². The van der Waals surface area contributed by atoms with Crippen molar-refractivity contribution in [2.75, 3.05) is 6.61 Å². The summed E-state index contributed by atoms with van der Waals surface area (Å²) in [4.78, 5) is 20.6. The molecule has 0 bridgehead atoms. The maximum atomic E-state index is 13.4. The normalized spacial score (nSPS) is 14.3. The van der Waals surface area contributed by atoms with Crippen molar-refractivity contribution in [3.05, 3.63) is 33.9 Å². The zero-order valence-electron chi connectivity index (χ0n) is 9.19. The fourth-order valence-corrected chi connectivity index (χ4v) is 1.44. The highest BCUT2D eigenvalue weighted by molar-refractivity contribution is 5.84. The smallest absolute Gasteiger partial charge is 0.307 e. The van der Waals surface area contributed by atoms with Crippen LogP contribution in [-0.4, -0.2) is 17.3 Å². The molecule has 1 aromatic carbocycles. The van der Waals surface area contributed by atoms with Gasteiger partial charge in [-0.25, -0.2) is 4.39 Å². The molecule has 96 valence electrons. The number of Topliss-reactive ketones (excluding diaryl/α,β-unsaturated/α-hetero) is 1. The van der Waals surface area contributed by atoms with Crippen LogP contribution in [-0.2, 0) is 4.79 Å². The Kier molecular flexibility index (Phi) is 3.22. The second kappa shape index (κ2) is 4.67. The molecule has 0 atom stereocenters. The number of halogens is 2. The van der Waals surface area contributed by atoms with E-state index in [4.69, 9.17) is 4.74 Å². The first kappa shape index (κ1) is 12.4. The Labute approximate surface area is 101 Å². The van der Waals surface area contributed by atoms with E-state index in [-0.39, 0.29) is 18.3 Å². The molecule has 0 amide bonds. The number of hydrogen-bond donors (Lipinski definition) is 0. The van der Waals surface area contributed by atoms with Gasteiger partial charge in [-0.2, -0.15) is 4.39 Å². The number of benzene rings is 1. The number of ketones is 1. The van der Waals surface area contributed by atoms with Crippen LogP contribution >= 0.6 is 0 Å². The third-order valence-electron chi connectivity index (χ3n) is 2.60. The number of rotatable bonds is 5. The summed E-state index contributed by atoms with van der Waals surface area (Å²) in [7, 11) is 0. The Morgan fingerprint density at radius 3 is 2.61 bits per heavy atom. The van der Waals surface area contributed by atoms with Gasteiger partial charge in [0.05, 0.1) is 11.0 Å². The molecule has 0 spiro atoms. The molecule has 0 radical (unpaired) electrons. The number of carbonyl (C=O) groups excluding carboxylic acids is 1. The Morgan fingerprint density at radius 1 is 1.39 bits per heavy atom. The van der Waals surface area contributed by atoms with Crippen molar-refractivity contribution >= 4 is 11.5 Å². The lowest BCUT2D eigenvalue weighted by Gasteiger charge is -2.06. The maximum Gasteiger partial charge on any atom is 0.307 e. The molecule has 0 aliphatic heterocycles. The average molecular weight is 257 g/mol. The van der Waals surface area contributed by atoms with Gasteiger partial charge < -0.3 is 4.74 Å². The first-order valence-corrected chi connectivity index (χ1v) is 5.28. The zero-order chi connectivity index (χ0) is 13.3. The molecule has 0 heterocycles. The van der Waals surface area contributed by atoms with Crippen molar-refractivity contribution in [1.29, 1.82) is 0 Å². The molecule has 2 rings (SSSR count). The van der Waals surface area contributed by atoms with E-state index in [1.165, 1.54) is 0 Å². The van der Waals surface area contributed by atoms with Crippen LogP contribution in [0, 0.1) is 27.7 Å². The van der Waals surface area contributed by atoms with Gasteiger partial charge in [0.1, 0.15) is 6.61 Å². The molecule has 1 aliphatic rings. The fraction of sp³-hybridized carbons (Fsp3) is 0.364. The second-order valence-electron chi connectivity index (χ2n) is 4.02. The summed E-state index contributed by atoms with van der Waals surface area (Å²) in [5, 5.41) is 10.4. The molecule has 18 heavy (non-hydrogen) atoms. The van der Waals surface area contributed by atoms with Gasteiger partial charge in [-0.05, 0) is 12.8 Å². The minimum absolute atomic E-state index is 0.0454. The summed E-state index contributed by atoms with van der Waals surface area (Å²) in [6, 6.07) is 1.01. The van der Waals surface area contributed by atoms with Crippen LogP contribution in [0.25, 0.3) is 0 Å². The summed E-state index contributed by atoms with van der Waals surface area (Å²) >= 11 is 0. The van der Waals surface area contributed by atoms with Crippen LogP contribution in [0.3, 0.4) is 0 Å². The minimum Gasteiger partial charge on any atom is -0.483 e. The van der Waals surface area contributed by atoms with Crippen molar-refractivity contribution in [3.63, 3.8) is 0 Å². The van der Waals surface area contributed by atoms with Crippen molar-refractivity contribution in [1.82, 2.24) is 0 Å². The zero-order valence-corrected chi connectivity index (χ0v) is 9.19. The topological polar surface area (TPSA) is 69.4 Å². The largest absolute Gasteiger partial charge is 0.483 e. The molecule has 0 aromatic heterocycles. The Balaban J connectivity index is 2.10. The Bertz CT molecular complexity index is 514. The Morgan fingerprint density at radius 2 is 2.06 bits per heavy atom. The van der Waals surface area contributed by atoms with Gasteiger partial charge in [-0.3, -0.25) is 14.9 Å². The molecule has 1 aromatic rings. The number of nitro benzene ring substituents is 1. The van der Waals surface area contributed by atoms with Gasteiger partial charge >= 0.3 is 5.69 Å². The number of carbonyl (C=O) groups is 1. The van der Waals surface area contributed by atoms with E-state index in [1.54, 1.807) is 0 Å². The molecule has 5 nitrogen and oxygen atoms in total. The van der Waals surface area contributed by atoms with Crippen LogP contribution in [0.5, 0.6) is 5.75 Å². The van der Waals surface area contributed by atoms with Crippen LogP contribution in [0.1, 0.15) is 12.8 Å². The molecular formula is C11H9F2NO4. The van der Waals surface area contributed by atoms with Crippen molar-refractivity contribution in [3.8, 4) is 5.75 Å². The van der Waals surface area contributed by atoms with Gasteiger partial charge in [0.25, 0.3) is 0 Å². The predicted molar refractivity (Wildman–Crippen MR) is 56.2 cm³/mol. The molecule has 7 heteroatoms. The fourth-order valence-electron chi connectivity index (χ4n) is 1.44. The van der Waals surface area contributed by atoms with Crippen molar-refractivity contribution < 1.29 is 23.2 Å². The number of hydrogen-bond acceptors (Lipinski definition) is 4. The van der Waals surface area contributed by atoms with E-state index in [9.17, 15) is 23.7 Å². The van der Waals surface area contributed by atoms with Gasteiger partial charge in [0.2, 0.25) is 5.82 Å². The van der Waals surface area contributed by atoms with Gasteiger partial charge in [0, 0.05) is 12.0 Å². The third kappa shape index (κ3) is 2.61. The molecule has 0 unspecified atom stereocenters. The highest BCUT2D eigenvalue weighted by Crippen LogP contribution is 2.31. The van der Waals surface area contributed by atoms with Gasteiger partial charge in [-0.1, -0.05) is 0 Å². The Hall–Kier alpha value is -2.05. The number of ether oxygens (including phenoxy) is 1. The highest BCUT2D eigenvalue weighted by atomic mass is 19.1. The molecular weight excluding hydrogens is 248 g/mol. The van der Waals surface area contributed by atoms with E-state index in [1.807, 2.05) is 0 Å². The third-order valence-corrected chi connectivity index (χ3v) is 2.60. The molecule has 0 saturated heterocycles. The molecule has 1 fully saturated rings. The lowest BCUT2D eigenvalue weighted by atomic mass is 10.2. The average Bonchev–Trinajstić information content (AvgIpc) is 3.12. The van der Waals surface area contributed by atoms with E-state index >= 15 is 0 Å². The van der Waals surface area contributed by atoms with Crippen molar-refractivity contribution in [2.45, 2.75) is 12.8 Å². The van der Waals surface area contributed by atoms with Crippen LogP contribution < -0.4 is 4.74 Å². The van der Waals surface area contributed by atoms with Crippen LogP contribution in [0.4, 0.5) is 14.5 Å². The minimum atomic E-state index is -1.20. The summed E-state index contributed by atoms with van der Waals surface area (Å²) in [6.45, 7) is -0.348. The van der Waals surface area contributed by atoms with Crippen molar-refractivity contribution in [2.24, 2.45) is 5.92 Å². The standard InChI is InChI=1S/C11H9F2NO4/c12-7-4-11(8(13)3-9(7)14(16)17)18-5-10(15)6-1-2-6/h3-4,6H,1-2,5H2. The van der Waals surface area contributed by atoms with Gasteiger partial charge in [-0.15, -0.1) is 0 Å².